The quantitative estimate of drug-likeness (QED) is 0.417. The Labute approximate surface area is 174 Å². The Morgan fingerprint density at radius 1 is 1.03 bits per heavy atom. The molecule has 5 heteroatoms. The van der Waals surface area contributed by atoms with Crippen molar-refractivity contribution in [1.82, 2.24) is 4.98 Å². The van der Waals surface area contributed by atoms with Crippen molar-refractivity contribution in [2.45, 2.75) is 19.8 Å². The minimum atomic E-state index is -0.0653. The first-order valence-electron chi connectivity index (χ1n) is 9.67. The van der Waals surface area contributed by atoms with Crippen LogP contribution in [-0.2, 0) is 11.2 Å². The number of hydrogen-bond donors (Lipinski definition) is 1. The third-order valence-electron chi connectivity index (χ3n) is 4.55. The molecule has 0 aliphatic carbocycles. The number of nitrogens with zero attached hydrogens (tertiary/aromatic N) is 1. The van der Waals surface area contributed by atoms with Gasteiger partial charge in [-0.1, -0.05) is 49.4 Å². The van der Waals surface area contributed by atoms with Gasteiger partial charge in [0.1, 0.15) is 5.75 Å². The lowest BCUT2D eigenvalue weighted by atomic mass is 10.1. The van der Waals surface area contributed by atoms with Crippen molar-refractivity contribution in [1.29, 1.82) is 0 Å². The van der Waals surface area contributed by atoms with E-state index in [9.17, 15) is 4.79 Å². The van der Waals surface area contributed by atoms with Gasteiger partial charge in [-0.2, -0.15) is 0 Å². The van der Waals surface area contributed by atoms with Crippen molar-refractivity contribution in [3.05, 3.63) is 77.7 Å². The summed E-state index contributed by atoms with van der Waals surface area (Å²) < 4.78 is 5.61. The maximum Gasteiger partial charge on any atom is 0.230 e. The summed E-state index contributed by atoms with van der Waals surface area (Å²) in [4.78, 5) is 17.0. The minimum absolute atomic E-state index is 0.0653. The maximum atomic E-state index is 12.4. The second-order valence-corrected chi connectivity index (χ2v) is 7.68. The lowest BCUT2D eigenvalue weighted by Gasteiger charge is -2.05. The summed E-state index contributed by atoms with van der Waals surface area (Å²) in [6.07, 6.45) is 1.30. The van der Waals surface area contributed by atoms with Crippen molar-refractivity contribution in [3.8, 4) is 17.0 Å². The molecule has 1 amide bonds. The highest BCUT2D eigenvalue weighted by atomic mass is 32.1. The molecular formula is C24H22N2O2S. The van der Waals surface area contributed by atoms with E-state index in [2.05, 4.69) is 35.4 Å². The van der Waals surface area contributed by atoms with Crippen molar-refractivity contribution < 1.29 is 9.53 Å². The molecule has 4 aromatic rings. The maximum absolute atomic E-state index is 12.4. The van der Waals surface area contributed by atoms with Crippen LogP contribution in [0.3, 0.4) is 0 Å². The Kier molecular flexibility index (Phi) is 5.86. The lowest BCUT2D eigenvalue weighted by molar-refractivity contribution is -0.115. The van der Waals surface area contributed by atoms with Gasteiger partial charge in [-0.3, -0.25) is 4.79 Å². The van der Waals surface area contributed by atoms with Gasteiger partial charge in [0.2, 0.25) is 5.91 Å². The zero-order chi connectivity index (χ0) is 20.1. The van der Waals surface area contributed by atoms with E-state index in [1.165, 1.54) is 16.7 Å². The van der Waals surface area contributed by atoms with Gasteiger partial charge < -0.3 is 10.1 Å². The number of carbonyl (C=O) groups is 1. The van der Waals surface area contributed by atoms with Gasteiger partial charge in [0.25, 0.3) is 0 Å². The number of aromatic nitrogens is 1. The van der Waals surface area contributed by atoms with Gasteiger partial charge in [0.15, 0.2) is 5.13 Å². The van der Waals surface area contributed by atoms with Crippen LogP contribution < -0.4 is 10.1 Å². The number of rotatable bonds is 7. The summed E-state index contributed by atoms with van der Waals surface area (Å²) in [6, 6.07) is 22.1. The highest BCUT2D eigenvalue weighted by molar-refractivity contribution is 7.14. The van der Waals surface area contributed by atoms with Gasteiger partial charge in [-0.15, -0.1) is 11.3 Å². The minimum Gasteiger partial charge on any atom is -0.494 e. The zero-order valence-corrected chi connectivity index (χ0v) is 17.0. The van der Waals surface area contributed by atoms with Crippen molar-refractivity contribution >= 4 is 33.1 Å². The average molecular weight is 403 g/mol. The number of hydrogen-bond acceptors (Lipinski definition) is 4. The van der Waals surface area contributed by atoms with Crippen molar-refractivity contribution in [2.75, 3.05) is 11.9 Å². The molecule has 29 heavy (non-hydrogen) atoms. The molecule has 0 unspecified atom stereocenters. The number of amides is 1. The molecule has 4 rings (SSSR count). The Bertz CT molecular complexity index is 1120. The standard InChI is InChI=1S/C24H22N2O2S/c1-2-13-28-21-11-9-19(10-12-21)22-16-29-24(25-22)26-23(27)15-17-7-8-18-5-3-4-6-20(18)14-17/h3-12,14,16H,2,13,15H2,1H3,(H,25,26,27). The molecule has 0 bridgehead atoms. The fraction of sp³-hybridized carbons (Fsp3) is 0.167. The lowest BCUT2D eigenvalue weighted by Crippen LogP contribution is -2.14. The summed E-state index contributed by atoms with van der Waals surface area (Å²) in [5, 5.41) is 7.79. The first-order valence-corrected chi connectivity index (χ1v) is 10.6. The summed E-state index contributed by atoms with van der Waals surface area (Å²) in [7, 11) is 0. The van der Waals surface area contributed by atoms with Crippen LogP contribution in [0.2, 0.25) is 0 Å². The van der Waals surface area contributed by atoms with E-state index in [1.54, 1.807) is 0 Å². The first kappa shape index (κ1) is 19.2. The van der Waals surface area contributed by atoms with Crippen molar-refractivity contribution in [3.63, 3.8) is 0 Å². The molecule has 1 aromatic heterocycles. The predicted octanol–water partition coefficient (Wildman–Crippen LogP) is 5.93. The van der Waals surface area contributed by atoms with E-state index in [-0.39, 0.29) is 5.91 Å². The zero-order valence-electron chi connectivity index (χ0n) is 16.2. The highest BCUT2D eigenvalue weighted by Gasteiger charge is 2.09. The van der Waals surface area contributed by atoms with Gasteiger partial charge in [0.05, 0.1) is 18.7 Å². The molecule has 0 fully saturated rings. The molecule has 0 saturated heterocycles. The summed E-state index contributed by atoms with van der Waals surface area (Å²) >= 11 is 1.43. The monoisotopic (exact) mass is 402 g/mol. The molecule has 1 heterocycles. The Balaban J connectivity index is 1.39. The molecule has 3 aromatic carbocycles. The fourth-order valence-corrected chi connectivity index (χ4v) is 3.84. The van der Waals surface area contributed by atoms with Crippen LogP contribution in [0.1, 0.15) is 18.9 Å². The molecule has 0 radical (unpaired) electrons. The van der Waals surface area contributed by atoms with Crippen LogP contribution in [0.4, 0.5) is 5.13 Å². The third-order valence-corrected chi connectivity index (χ3v) is 5.31. The Hall–Kier alpha value is -3.18. The second-order valence-electron chi connectivity index (χ2n) is 6.82. The van der Waals surface area contributed by atoms with E-state index < -0.39 is 0 Å². The Morgan fingerprint density at radius 2 is 1.83 bits per heavy atom. The number of carbonyl (C=O) groups excluding carboxylic acids is 1. The van der Waals surface area contributed by atoms with Crippen LogP contribution in [0.25, 0.3) is 22.0 Å². The van der Waals surface area contributed by atoms with Crippen LogP contribution in [0.5, 0.6) is 5.75 Å². The number of nitrogens with one attached hydrogen (secondary N) is 1. The van der Waals surface area contributed by atoms with Crippen LogP contribution in [0, 0.1) is 0 Å². The predicted molar refractivity (Wildman–Crippen MR) is 120 cm³/mol. The SMILES string of the molecule is CCCOc1ccc(-c2csc(NC(=O)Cc3ccc4ccccc4c3)n2)cc1. The third kappa shape index (κ3) is 4.81. The normalized spacial score (nSPS) is 10.8. The van der Waals surface area contributed by atoms with E-state index >= 15 is 0 Å². The molecule has 0 saturated carbocycles. The fourth-order valence-electron chi connectivity index (χ4n) is 3.10. The molecule has 0 spiro atoms. The molecule has 1 N–H and O–H groups in total. The number of ether oxygens (including phenoxy) is 1. The number of anilines is 1. The van der Waals surface area contributed by atoms with Crippen LogP contribution in [0.15, 0.2) is 72.1 Å². The van der Waals surface area contributed by atoms with E-state index in [1.807, 2.05) is 53.9 Å². The van der Waals surface area contributed by atoms with Gasteiger partial charge in [-0.05, 0) is 47.0 Å². The average Bonchev–Trinajstić information content (AvgIpc) is 3.20. The first-order chi connectivity index (χ1) is 14.2. The van der Waals surface area contributed by atoms with Crippen LogP contribution >= 0.6 is 11.3 Å². The second kappa shape index (κ2) is 8.88. The molecule has 0 atom stereocenters. The van der Waals surface area contributed by atoms with E-state index in [4.69, 9.17) is 4.74 Å². The van der Waals surface area contributed by atoms with Gasteiger partial charge >= 0.3 is 0 Å². The van der Waals surface area contributed by atoms with Gasteiger partial charge in [0, 0.05) is 10.9 Å². The smallest absolute Gasteiger partial charge is 0.230 e. The summed E-state index contributed by atoms with van der Waals surface area (Å²) in [6.45, 7) is 2.79. The Morgan fingerprint density at radius 3 is 2.62 bits per heavy atom. The number of benzene rings is 3. The molecular weight excluding hydrogens is 380 g/mol. The van der Waals surface area contributed by atoms with Gasteiger partial charge in [-0.25, -0.2) is 4.98 Å². The number of fused-ring (bicyclic) bond motifs is 1. The molecule has 146 valence electrons. The molecule has 4 nitrogen and oxygen atoms in total. The summed E-state index contributed by atoms with van der Waals surface area (Å²) in [5.74, 6) is 0.791. The van der Waals surface area contributed by atoms with E-state index in [0.717, 1.165) is 34.4 Å². The van der Waals surface area contributed by atoms with E-state index in [0.29, 0.717) is 18.2 Å². The number of thiazole rings is 1. The molecule has 0 aliphatic rings. The van der Waals surface area contributed by atoms with Crippen LogP contribution in [-0.4, -0.2) is 17.5 Å². The van der Waals surface area contributed by atoms with Crippen molar-refractivity contribution in [2.24, 2.45) is 0 Å². The summed E-state index contributed by atoms with van der Waals surface area (Å²) in [5.41, 5.74) is 2.83. The topological polar surface area (TPSA) is 51.2 Å². The molecule has 0 aliphatic heterocycles. The highest BCUT2D eigenvalue weighted by Crippen LogP contribution is 2.27. The largest absolute Gasteiger partial charge is 0.494 e.